The van der Waals surface area contributed by atoms with E-state index in [0.29, 0.717) is 6.16 Å². The van der Waals surface area contributed by atoms with Crippen LogP contribution in [0.3, 0.4) is 0 Å². The fourth-order valence-corrected chi connectivity index (χ4v) is 2.77. The molecule has 1 unspecified atom stereocenters. The minimum absolute atomic E-state index is 0.312. The van der Waals surface area contributed by atoms with Gasteiger partial charge in [0.1, 0.15) is 8.30 Å². The molecule has 0 saturated carbocycles. The molecule has 18 heavy (non-hydrogen) atoms. The van der Waals surface area contributed by atoms with Crippen molar-refractivity contribution in [1.29, 1.82) is 0 Å². The summed E-state index contributed by atoms with van der Waals surface area (Å²) in [6.45, 7) is 5.82. The van der Waals surface area contributed by atoms with Crippen molar-refractivity contribution in [1.82, 2.24) is 8.61 Å². The number of hydrogen-bond acceptors (Lipinski definition) is 3. The van der Waals surface area contributed by atoms with Gasteiger partial charge >= 0.3 is 0 Å². The van der Waals surface area contributed by atoms with Gasteiger partial charge in [0.25, 0.3) is 0 Å². The second-order valence-electron chi connectivity index (χ2n) is 6.29. The van der Waals surface area contributed by atoms with Gasteiger partial charge in [0.2, 0.25) is 0 Å². The van der Waals surface area contributed by atoms with Gasteiger partial charge in [0.15, 0.2) is 0 Å². The summed E-state index contributed by atoms with van der Waals surface area (Å²) >= 11 is 11.5. The third-order valence-corrected chi connectivity index (χ3v) is 5.40. The first kappa shape index (κ1) is 18.9. The Bertz CT molecular complexity index is 247. The molecule has 0 aromatic heterocycles. The average Bonchev–Trinajstić information content (AvgIpc) is 2.21. The molecule has 0 spiro atoms. The van der Waals surface area contributed by atoms with E-state index >= 15 is 0 Å². The minimum atomic E-state index is -1.10. The third kappa shape index (κ3) is 8.11. The van der Waals surface area contributed by atoms with Gasteiger partial charge in [-0.15, -0.1) is 3.94 Å². The van der Waals surface area contributed by atoms with Crippen molar-refractivity contribution in [2.45, 2.75) is 25.8 Å². The van der Waals surface area contributed by atoms with Gasteiger partial charge in [0.05, 0.1) is 34.2 Å². The van der Waals surface area contributed by atoms with E-state index in [4.69, 9.17) is 23.6 Å². The maximum atomic E-state index is 10.1. The molecule has 0 rings (SSSR count). The van der Waals surface area contributed by atoms with E-state index in [9.17, 15) is 4.89 Å². The average molecular weight is 319 g/mol. The number of halogens is 2. The second kappa shape index (κ2) is 7.58. The van der Waals surface area contributed by atoms with E-state index in [1.807, 2.05) is 25.6 Å². The molecule has 0 fully saturated rings. The summed E-state index contributed by atoms with van der Waals surface area (Å²) in [6.07, 6.45) is 1.48. The molecule has 0 heterocycles. The van der Waals surface area contributed by atoms with Gasteiger partial charge in [0, 0.05) is 11.7 Å². The van der Waals surface area contributed by atoms with Crippen LogP contribution in [0.5, 0.6) is 0 Å². The topological polar surface area (TPSA) is 26.7 Å². The predicted octanol–water partition coefficient (Wildman–Crippen LogP) is 2.71. The Morgan fingerprint density at radius 3 is 2.11 bits per heavy atom. The molecule has 0 aliphatic rings. The highest BCUT2D eigenvalue weighted by atomic mass is 35.5. The molecule has 0 aromatic rings. The first-order valence-corrected chi connectivity index (χ1v) is 8.16. The second-order valence-corrected chi connectivity index (χ2v) is 9.01. The third-order valence-electron chi connectivity index (χ3n) is 2.87. The molecule has 0 aliphatic heterocycles. The van der Waals surface area contributed by atoms with Crippen LogP contribution in [0.4, 0.5) is 0 Å². The summed E-state index contributed by atoms with van der Waals surface area (Å²) in [5.74, 6) is 0. The Balaban J connectivity index is 4.06. The summed E-state index contributed by atoms with van der Waals surface area (Å²) < 4.78 is 4.10. The molecular weight excluding hydrogens is 292 g/mol. The van der Waals surface area contributed by atoms with Gasteiger partial charge in [-0.2, -0.15) is 0 Å². The number of nitrogens with zero attached hydrogens (tertiary/aromatic N) is 3. The standard InChI is InChI=1S/C11H27Cl2N3OP/c1-11(2,15(12)13)7-10-18(17)14(3)8-9-16(4,5)6/h17H,7-10H2,1-6H3/q+1. The van der Waals surface area contributed by atoms with Crippen molar-refractivity contribution >= 4 is 31.9 Å². The molecule has 0 bridgehead atoms. The van der Waals surface area contributed by atoms with Gasteiger partial charge in [-0.25, -0.2) is 0 Å². The molecule has 0 aromatic carbocycles. The van der Waals surface area contributed by atoms with Crippen LogP contribution in [-0.2, 0) is 0 Å². The molecule has 0 amide bonds. The first-order valence-electron chi connectivity index (χ1n) is 6.05. The van der Waals surface area contributed by atoms with Gasteiger partial charge < -0.3 is 9.38 Å². The summed E-state index contributed by atoms with van der Waals surface area (Å²) in [7, 11) is 7.31. The van der Waals surface area contributed by atoms with Crippen LogP contribution in [0, 0.1) is 0 Å². The Morgan fingerprint density at radius 2 is 1.72 bits per heavy atom. The van der Waals surface area contributed by atoms with E-state index in [1.54, 1.807) is 0 Å². The quantitative estimate of drug-likeness (QED) is 0.423. The largest absolute Gasteiger partial charge is 0.359 e. The smallest absolute Gasteiger partial charge is 0.101 e. The fourth-order valence-electron chi connectivity index (χ4n) is 1.19. The fraction of sp³-hybridized carbons (Fsp3) is 1.00. The van der Waals surface area contributed by atoms with Crippen molar-refractivity contribution in [2.75, 3.05) is 47.4 Å². The van der Waals surface area contributed by atoms with E-state index in [0.717, 1.165) is 24.0 Å². The Hall–Kier alpha value is 0.850. The first-order chi connectivity index (χ1) is 7.96. The normalized spacial score (nSPS) is 15.5. The van der Waals surface area contributed by atoms with E-state index in [2.05, 4.69) is 21.1 Å². The lowest BCUT2D eigenvalue weighted by Crippen LogP contribution is -2.40. The van der Waals surface area contributed by atoms with Crippen molar-refractivity contribution < 1.29 is 9.38 Å². The monoisotopic (exact) mass is 318 g/mol. The number of rotatable bonds is 8. The zero-order valence-corrected chi connectivity index (χ0v) is 14.7. The molecule has 0 aliphatic carbocycles. The summed E-state index contributed by atoms with van der Waals surface area (Å²) in [5, 5.41) is 0. The number of likely N-dealkylation sites (N-methyl/N-ethyl adjacent to an activating group) is 2. The summed E-state index contributed by atoms with van der Waals surface area (Å²) in [5.41, 5.74) is -0.312. The lowest BCUT2D eigenvalue weighted by molar-refractivity contribution is -0.869. The van der Waals surface area contributed by atoms with Crippen molar-refractivity contribution in [2.24, 2.45) is 0 Å². The lowest BCUT2D eigenvalue weighted by atomic mass is 10.0. The molecule has 4 nitrogen and oxygen atoms in total. The highest BCUT2D eigenvalue weighted by Gasteiger charge is 2.26. The zero-order valence-electron chi connectivity index (χ0n) is 12.3. The van der Waals surface area contributed by atoms with Crippen LogP contribution in [-0.4, -0.2) is 71.0 Å². The molecule has 110 valence electrons. The van der Waals surface area contributed by atoms with Crippen LogP contribution in [0.25, 0.3) is 0 Å². The van der Waals surface area contributed by atoms with Gasteiger partial charge in [-0.3, -0.25) is 4.67 Å². The number of quaternary nitrogens is 1. The summed E-state index contributed by atoms with van der Waals surface area (Å²) in [6, 6.07) is 0. The van der Waals surface area contributed by atoms with Crippen LogP contribution < -0.4 is 0 Å². The van der Waals surface area contributed by atoms with Crippen molar-refractivity contribution in [3.8, 4) is 0 Å². The van der Waals surface area contributed by atoms with Crippen molar-refractivity contribution in [3.63, 3.8) is 0 Å². The molecule has 1 N–H and O–H groups in total. The minimum Gasteiger partial charge on any atom is -0.359 e. The highest BCUT2D eigenvalue weighted by Crippen LogP contribution is 2.37. The molecular formula is C11H27Cl2N3OP+. The molecule has 0 saturated heterocycles. The van der Waals surface area contributed by atoms with Gasteiger partial charge in [-0.1, -0.05) is 0 Å². The van der Waals surface area contributed by atoms with E-state index < -0.39 is 8.30 Å². The SMILES string of the molecule is CN(CC[N+](C)(C)C)P(O)CCC(C)(C)N(Cl)Cl. The molecule has 1 atom stereocenters. The Kier molecular flexibility index (Phi) is 7.94. The van der Waals surface area contributed by atoms with Crippen molar-refractivity contribution in [3.05, 3.63) is 0 Å². The molecule has 7 heteroatoms. The van der Waals surface area contributed by atoms with Gasteiger partial charge in [-0.05, 0) is 50.9 Å². The number of hydrogen-bond donors (Lipinski definition) is 1. The Morgan fingerprint density at radius 1 is 1.22 bits per heavy atom. The van der Waals surface area contributed by atoms with Crippen LogP contribution in [0.2, 0.25) is 0 Å². The van der Waals surface area contributed by atoms with Crippen LogP contribution in [0.1, 0.15) is 20.3 Å². The highest BCUT2D eigenvalue weighted by molar-refractivity contribution is 7.48. The maximum Gasteiger partial charge on any atom is 0.101 e. The lowest BCUT2D eigenvalue weighted by Gasteiger charge is -2.31. The predicted molar refractivity (Wildman–Crippen MR) is 81.8 cm³/mol. The van der Waals surface area contributed by atoms with Crippen LogP contribution >= 0.6 is 31.9 Å². The maximum absolute atomic E-state index is 10.1. The summed E-state index contributed by atoms with van der Waals surface area (Å²) in [4.78, 5) is 10.1. The molecule has 0 radical (unpaired) electrons. The van der Waals surface area contributed by atoms with Crippen LogP contribution in [0.15, 0.2) is 0 Å². The Labute approximate surface area is 123 Å². The van der Waals surface area contributed by atoms with E-state index in [-0.39, 0.29) is 5.54 Å². The van der Waals surface area contributed by atoms with E-state index in [1.165, 1.54) is 3.94 Å². The zero-order chi connectivity index (χ0) is 14.6.